The highest BCUT2D eigenvalue weighted by atomic mass is 16.5. The number of aryl methyl sites for hydroxylation is 2. The van der Waals surface area contributed by atoms with Crippen LogP contribution >= 0.6 is 0 Å². The topological polar surface area (TPSA) is 44.8 Å². The van der Waals surface area contributed by atoms with Gasteiger partial charge in [-0.2, -0.15) is 0 Å². The number of methoxy groups -OCH3 is 2. The van der Waals surface area contributed by atoms with Crippen LogP contribution in [0.2, 0.25) is 0 Å². The number of rotatable bonds is 4. The summed E-state index contributed by atoms with van der Waals surface area (Å²) in [6.07, 6.45) is 3.55. The normalized spacial score (nSPS) is 15.1. The van der Waals surface area contributed by atoms with Gasteiger partial charge in [-0.1, -0.05) is 29.8 Å². The molecule has 0 amide bonds. The molecule has 128 valence electrons. The molecule has 1 aliphatic heterocycles. The summed E-state index contributed by atoms with van der Waals surface area (Å²) in [4.78, 5) is 12.2. The van der Waals surface area contributed by atoms with Crippen molar-refractivity contribution >= 4 is 17.8 Å². The Labute approximate surface area is 147 Å². The number of cyclic esters (lactones) is 1. The number of ether oxygens (including phenoxy) is 3. The number of esters is 1. The lowest BCUT2D eigenvalue weighted by Gasteiger charge is -2.07. The Kier molecular flexibility index (Phi) is 4.61. The van der Waals surface area contributed by atoms with Crippen molar-refractivity contribution in [2.45, 2.75) is 13.8 Å². The number of hydrogen-bond donors (Lipinski definition) is 0. The average molecular weight is 336 g/mol. The van der Waals surface area contributed by atoms with Crippen LogP contribution in [0.4, 0.5) is 0 Å². The fraction of sp³-hybridized carbons (Fsp3) is 0.190. The molecule has 1 heterocycles. The van der Waals surface area contributed by atoms with Crippen LogP contribution < -0.4 is 9.47 Å². The second-order valence-corrected chi connectivity index (χ2v) is 5.93. The molecule has 0 bridgehead atoms. The van der Waals surface area contributed by atoms with E-state index in [4.69, 9.17) is 14.2 Å². The average Bonchev–Trinajstić information content (AvgIpc) is 2.95. The first-order valence-corrected chi connectivity index (χ1v) is 7.97. The van der Waals surface area contributed by atoms with Gasteiger partial charge in [0.15, 0.2) is 11.5 Å². The predicted molar refractivity (Wildman–Crippen MR) is 97.5 cm³/mol. The van der Waals surface area contributed by atoms with Crippen molar-refractivity contribution in [1.82, 2.24) is 0 Å². The van der Waals surface area contributed by atoms with E-state index in [0.717, 1.165) is 16.7 Å². The van der Waals surface area contributed by atoms with E-state index >= 15 is 0 Å². The van der Waals surface area contributed by atoms with Crippen LogP contribution in [0.1, 0.15) is 22.3 Å². The van der Waals surface area contributed by atoms with E-state index in [9.17, 15) is 4.79 Å². The first-order chi connectivity index (χ1) is 12.0. The molecule has 0 fully saturated rings. The molecule has 0 unspecified atom stereocenters. The Morgan fingerprint density at radius 3 is 2.40 bits per heavy atom. The van der Waals surface area contributed by atoms with Crippen molar-refractivity contribution in [3.8, 4) is 11.5 Å². The van der Waals surface area contributed by atoms with Gasteiger partial charge in [-0.25, -0.2) is 4.79 Å². The lowest BCUT2D eigenvalue weighted by Crippen LogP contribution is -1.98. The highest BCUT2D eigenvalue weighted by Gasteiger charge is 2.23. The molecule has 0 saturated carbocycles. The molecule has 0 radical (unpaired) electrons. The van der Waals surface area contributed by atoms with Crippen LogP contribution in [-0.2, 0) is 9.53 Å². The molecule has 0 aliphatic carbocycles. The molecule has 25 heavy (non-hydrogen) atoms. The number of hydrogen-bond acceptors (Lipinski definition) is 4. The van der Waals surface area contributed by atoms with Crippen molar-refractivity contribution in [2.75, 3.05) is 14.2 Å². The third-order valence-electron chi connectivity index (χ3n) is 4.10. The summed E-state index contributed by atoms with van der Waals surface area (Å²) in [5, 5.41) is 0. The second-order valence-electron chi connectivity index (χ2n) is 5.93. The van der Waals surface area contributed by atoms with Crippen molar-refractivity contribution in [2.24, 2.45) is 0 Å². The van der Waals surface area contributed by atoms with Crippen LogP contribution in [0.3, 0.4) is 0 Å². The van der Waals surface area contributed by atoms with Crippen LogP contribution in [0.15, 0.2) is 48.0 Å². The van der Waals surface area contributed by atoms with E-state index in [2.05, 4.69) is 6.07 Å². The Balaban J connectivity index is 1.96. The molecule has 0 spiro atoms. The van der Waals surface area contributed by atoms with Gasteiger partial charge in [0.2, 0.25) is 0 Å². The SMILES string of the molecule is COc1ccc(/C=C2/C=C(c3ccc(C)cc3C)OC2=O)cc1OC. The van der Waals surface area contributed by atoms with Crippen LogP contribution in [0.5, 0.6) is 11.5 Å². The third-order valence-corrected chi connectivity index (χ3v) is 4.10. The lowest BCUT2D eigenvalue weighted by atomic mass is 10.0. The van der Waals surface area contributed by atoms with Crippen molar-refractivity contribution in [3.05, 3.63) is 70.3 Å². The fourth-order valence-electron chi connectivity index (χ4n) is 2.83. The molecule has 2 aromatic carbocycles. The summed E-state index contributed by atoms with van der Waals surface area (Å²) in [5.41, 5.74) is 4.51. The smallest absolute Gasteiger partial charge is 0.343 e. The number of benzene rings is 2. The minimum Gasteiger partial charge on any atom is -0.493 e. The zero-order valence-corrected chi connectivity index (χ0v) is 14.8. The van der Waals surface area contributed by atoms with Gasteiger partial charge in [0.05, 0.1) is 19.8 Å². The van der Waals surface area contributed by atoms with Crippen molar-refractivity contribution in [3.63, 3.8) is 0 Å². The zero-order chi connectivity index (χ0) is 18.0. The standard InChI is InChI=1S/C21H20O4/c1-13-5-7-17(14(2)9-13)19-12-16(21(22)25-19)10-15-6-8-18(23-3)20(11-15)24-4/h5-12H,1-4H3/b16-10-. The maximum absolute atomic E-state index is 12.2. The molecule has 1 aliphatic rings. The Hall–Kier alpha value is -3.01. The third kappa shape index (κ3) is 3.43. The minimum atomic E-state index is -0.357. The maximum Gasteiger partial charge on any atom is 0.343 e. The fourth-order valence-corrected chi connectivity index (χ4v) is 2.83. The lowest BCUT2D eigenvalue weighted by molar-refractivity contribution is -0.130. The van der Waals surface area contributed by atoms with E-state index in [-0.39, 0.29) is 5.97 Å². The van der Waals surface area contributed by atoms with E-state index in [1.807, 2.05) is 38.1 Å². The number of carbonyl (C=O) groups is 1. The van der Waals surface area contributed by atoms with E-state index in [0.29, 0.717) is 22.8 Å². The number of carbonyl (C=O) groups excluding carboxylic acids is 1. The first-order valence-electron chi connectivity index (χ1n) is 7.97. The summed E-state index contributed by atoms with van der Waals surface area (Å²) >= 11 is 0. The molecule has 3 rings (SSSR count). The second kappa shape index (κ2) is 6.85. The summed E-state index contributed by atoms with van der Waals surface area (Å²) in [5.74, 6) is 1.48. The van der Waals surface area contributed by atoms with Crippen molar-refractivity contribution in [1.29, 1.82) is 0 Å². The van der Waals surface area contributed by atoms with Gasteiger partial charge < -0.3 is 14.2 Å². The van der Waals surface area contributed by atoms with Gasteiger partial charge in [-0.15, -0.1) is 0 Å². The van der Waals surface area contributed by atoms with Gasteiger partial charge in [0, 0.05) is 5.56 Å². The largest absolute Gasteiger partial charge is 0.493 e. The summed E-state index contributed by atoms with van der Waals surface area (Å²) in [6.45, 7) is 4.04. The predicted octanol–water partition coefficient (Wildman–Crippen LogP) is 4.30. The van der Waals surface area contributed by atoms with Gasteiger partial charge in [0.25, 0.3) is 0 Å². The molecule has 4 heteroatoms. The quantitative estimate of drug-likeness (QED) is 0.617. The molecule has 2 aromatic rings. The highest BCUT2D eigenvalue weighted by molar-refractivity contribution is 6.05. The monoisotopic (exact) mass is 336 g/mol. The van der Waals surface area contributed by atoms with E-state index in [1.165, 1.54) is 5.56 Å². The van der Waals surface area contributed by atoms with Gasteiger partial charge in [0.1, 0.15) is 5.76 Å². The van der Waals surface area contributed by atoms with Crippen LogP contribution in [0, 0.1) is 13.8 Å². The molecule has 4 nitrogen and oxygen atoms in total. The zero-order valence-electron chi connectivity index (χ0n) is 14.8. The van der Waals surface area contributed by atoms with Gasteiger partial charge in [-0.3, -0.25) is 0 Å². The molecular formula is C21H20O4. The molecular weight excluding hydrogens is 316 g/mol. The summed E-state index contributed by atoms with van der Waals surface area (Å²) < 4.78 is 16.0. The Bertz CT molecular complexity index is 891. The van der Waals surface area contributed by atoms with Gasteiger partial charge >= 0.3 is 5.97 Å². The minimum absolute atomic E-state index is 0.357. The van der Waals surface area contributed by atoms with E-state index in [1.54, 1.807) is 32.4 Å². The Morgan fingerprint density at radius 2 is 1.72 bits per heavy atom. The van der Waals surface area contributed by atoms with Crippen molar-refractivity contribution < 1.29 is 19.0 Å². The summed E-state index contributed by atoms with van der Waals surface area (Å²) in [6, 6.07) is 11.5. The Morgan fingerprint density at radius 1 is 0.960 bits per heavy atom. The molecule has 0 N–H and O–H groups in total. The molecule has 0 atom stereocenters. The maximum atomic E-state index is 12.2. The van der Waals surface area contributed by atoms with Crippen LogP contribution in [0.25, 0.3) is 11.8 Å². The first kappa shape index (κ1) is 16.8. The van der Waals surface area contributed by atoms with Crippen LogP contribution in [-0.4, -0.2) is 20.2 Å². The summed E-state index contributed by atoms with van der Waals surface area (Å²) in [7, 11) is 3.17. The highest BCUT2D eigenvalue weighted by Crippen LogP contribution is 2.32. The van der Waals surface area contributed by atoms with E-state index < -0.39 is 0 Å². The molecule has 0 aromatic heterocycles. The van der Waals surface area contributed by atoms with Gasteiger partial charge in [-0.05, 0) is 49.3 Å². The molecule has 0 saturated heterocycles.